The minimum atomic E-state index is -0.190. The van der Waals surface area contributed by atoms with Crippen LogP contribution in [0.5, 0.6) is 0 Å². The van der Waals surface area contributed by atoms with Crippen LogP contribution in [0.15, 0.2) is 53.0 Å². The number of carbonyl (C=O) groups excluding carboxylic acids is 1. The van der Waals surface area contributed by atoms with Crippen LogP contribution >= 0.6 is 15.9 Å². The summed E-state index contributed by atoms with van der Waals surface area (Å²) < 4.78 is 0.905. The van der Waals surface area contributed by atoms with Crippen LogP contribution in [0.1, 0.15) is 10.4 Å². The monoisotopic (exact) mass is 334 g/mol. The first-order valence-electron chi connectivity index (χ1n) is 6.16. The Hall–Kier alpha value is -1.85. The summed E-state index contributed by atoms with van der Waals surface area (Å²) in [6, 6.07) is 14.2. The topological polar surface area (TPSA) is 66.6 Å². The van der Waals surface area contributed by atoms with Crippen molar-refractivity contribution in [1.82, 2.24) is 0 Å². The summed E-state index contributed by atoms with van der Waals surface area (Å²) in [6.07, 6.45) is 0. The van der Waals surface area contributed by atoms with Crippen LogP contribution in [-0.4, -0.2) is 24.2 Å². The van der Waals surface area contributed by atoms with E-state index in [9.17, 15) is 9.90 Å². The van der Waals surface area contributed by atoms with E-state index in [0.29, 0.717) is 16.9 Å². The number of amides is 1. The van der Waals surface area contributed by atoms with Gasteiger partial charge >= 0.3 is 0 Å². The molecule has 0 spiro atoms. The zero-order valence-corrected chi connectivity index (χ0v) is 12.4. The molecule has 0 aliphatic rings. The van der Waals surface area contributed by atoms with Crippen molar-refractivity contribution in [2.75, 3.05) is 23.8 Å². The average molecular weight is 335 g/mol. The number of nitrogens with two attached hydrogens (primary N) is 1. The number of nitrogens with zero attached hydrogens (tertiary/aromatic N) is 1. The van der Waals surface area contributed by atoms with Crippen molar-refractivity contribution in [1.29, 1.82) is 0 Å². The first-order chi connectivity index (χ1) is 9.63. The van der Waals surface area contributed by atoms with Gasteiger partial charge in [0.1, 0.15) is 0 Å². The Bertz CT molecular complexity index is 599. The summed E-state index contributed by atoms with van der Waals surface area (Å²) >= 11 is 3.33. The molecule has 104 valence electrons. The highest BCUT2D eigenvalue weighted by atomic mass is 79.9. The Morgan fingerprint density at radius 2 is 1.80 bits per heavy atom. The van der Waals surface area contributed by atoms with Gasteiger partial charge in [-0.15, -0.1) is 0 Å². The largest absolute Gasteiger partial charge is 0.397 e. The molecular weight excluding hydrogens is 320 g/mol. The number of para-hydroxylation sites is 2. The average Bonchev–Trinajstić information content (AvgIpc) is 2.46. The third-order valence-corrected chi connectivity index (χ3v) is 3.42. The van der Waals surface area contributed by atoms with Gasteiger partial charge in [-0.05, 0) is 36.4 Å². The van der Waals surface area contributed by atoms with Gasteiger partial charge in [0.25, 0.3) is 5.91 Å². The smallest absolute Gasteiger partial charge is 0.258 e. The standard InChI is InChI=1S/C15H15BrN2O2/c16-12-7-5-11(6-8-12)15(20)18(9-10-19)14-4-2-1-3-13(14)17/h1-8,19H,9-10,17H2. The molecule has 5 heteroatoms. The van der Waals surface area contributed by atoms with Gasteiger partial charge in [0, 0.05) is 16.6 Å². The molecule has 0 aliphatic heterocycles. The predicted molar refractivity (Wildman–Crippen MR) is 83.8 cm³/mol. The molecule has 4 nitrogen and oxygen atoms in total. The summed E-state index contributed by atoms with van der Waals surface area (Å²) in [4.78, 5) is 14.0. The third-order valence-electron chi connectivity index (χ3n) is 2.89. The number of hydrogen-bond donors (Lipinski definition) is 2. The fourth-order valence-electron chi connectivity index (χ4n) is 1.91. The molecule has 0 saturated heterocycles. The first kappa shape index (κ1) is 14.6. The van der Waals surface area contributed by atoms with Gasteiger partial charge in [-0.25, -0.2) is 0 Å². The van der Waals surface area contributed by atoms with Gasteiger partial charge < -0.3 is 15.7 Å². The normalized spacial score (nSPS) is 10.3. The molecule has 0 aliphatic carbocycles. The Morgan fingerprint density at radius 3 is 2.40 bits per heavy atom. The lowest BCUT2D eigenvalue weighted by Gasteiger charge is -2.23. The molecule has 1 amide bonds. The lowest BCUT2D eigenvalue weighted by Crippen LogP contribution is -2.34. The second-order valence-corrected chi connectivity index (χ2v) is 5.16. The second kappa shape index (κ2) is 6.54. The van der Waals surface area contributed by atoms with E-state index in [1.165, 1.54) is 4.90 Å². The first-order valence-corrected chi connectivity index (χ1v) is 6.95. The third kappa shape index (κ3) is 3.18. The molecule has 0 saturated carbocycles. The lowest BCUT2D eigenvalue weighted by atomic mass is 10.1. The summed E-state index contributed by atoms with van der Waals surface area (Å²) in [5, 5.41) is 9.19. The molecular formula is C15H15BrN2O2. The number of carbonyl (C=O) groups is 1. The van der Waals surface area contributed by atoms with E-state index in [-0.39, 0.29) is 19.1 Å². The highest BCUT2D eigenvalue weighted by Crippen LogP contribution is 2.24. The van der Waals surface area contributed by atoms with Crippen LogP contribution in [0.4, 0.5) is 11.4 Å². The van der Waals surface area contributed by atoms with Gasteiger partial charge in [-0.1, -0.05) is 28.1 Å². The fraction of sp³-hybridized carbons (Fsp3) is 0.133. The van der Waals surface area contributed by atoms with Crippen molar-refractivity contribution in [3.8, 4) is 0 Å². The van der Waals surface area contributed by atoms with Crippen LogP contribution in [0.3, 0.4) is 0 Å². The van der Waals surface area contributed by atoms with Crippen molar-refractivity contribution in [2.24, 2.45) is 0 Å². The number of rotatable bonds is 4. The van der Waals surface area contributed by atoms with Gasteiger partial charge in [0.15, 0.2) is 0 Å². The van der Waals surface area contributed by atoms with Crippen molar-refractivity contribution >= 4 is 33.2 Å². The quantitative estimate of drug-likeness (QED) is 0.844. The van der Waals surface area contributed by atoms with Gasteiger partial charge in [0.2, 0.25) is 0 Å². The molecule has 3 N–H and O–H groups in total. The van der Waals surface area contributed by atoms with E-state index >= 15 is 0 Å². The van der Waals surface area contributed by atoms with Gasteiger partial charge in [-0.3, -0.25) is 4.79 Å². The minimum Gasteiger partial charge on any atom is -0.397 e. The Balaban J connectivity index is 2.36. The van der Waals surface area contributed by atoms with Crippen LogP contribution < -0.4 is 10.6 Å². The molecule has 0 bridgehead atoms. The highest BCUT2D eigenvalue weighted by Gasteiger charge is 2.18. The summed E-state index contributed by atoms with van der Waals surface area (Å²) in [5.74, 6) is -0.190. The summed E-state index contributed by atoms with van der Waals surface area (Å²) in [7, 11) is 0. The number of nitrogen functional groups attached to an aromatic ring is 1. The summed E-state index contributed by atoms with van der Waals surface area (Å²) in [6.45, 7) is 0.0692. The molecule has 0 radical (unpaired) electrons. The Morgan fingerprint density at radius 1 is 1.15 bits per heavy atom. The molecule has 20 heavy (non-hydrogen) atoms. The molecule has 0 atom stereocenters. The van der Waals surface area contributed by atoms with Crippen LogP contribution in [0.25, 0.3) is 0 Å². The zero-order chi connectivity index (χ0) is 14.5. The van der Waals surface area contributed by atoms with Crippen molar-refractivity contribution in [3.05, 3.63) is 58.6 Å². The molecule has 0 aromatic heterocycles. The molecule has 2 aromatic carbocycles. The zero-order valence-electron chi connectivity index (χ0n) is 10.8. The molecule has 2 rings (SSSR count). The predicted octanol–water partition coefficient (Wildman–Crippen LogP) is 2.67. The number of halogens is 1. The summed E-state index contributed by atoms with van der Waals surface area (Å²) in [5.41, 5.74) is 7.57. The van der Waals surface area contributed by atoms with Crippen molar-refractivity contribution in [2.45, 2.75) is 0 Å². The maximum absolute atomic E-state index is 12.5. The van der Waals surface area contributed by atoms with Gasteiger partial charge in [-0.2, -0.15) is 0 Å². The van der Waals surface area contributed by atoms with E-state index in [4.69, 9.17) is 5.73 Å². The SMILES string of the molecule is Nc1ccccc1N(CCO)C(=O)c1ccc(Br)cc1. The van der Waals surface area contributed by atoms with E-state index in [2.05, 4.69) is 15.9 Å². The lowest BCUT2D eigenvalue weighted by molar-refractivity contribution is 0.0981. The minimum absolute atomic E-state index is 0.128. The second-order valence-electron chi connectivity index (χ2n) is 4.25. The highest BCUT2D eigenvalue weighted by molar-refractivity contribution is 9.10. The van der Waals surface area contributed by atoms with Crippen LogP contribution in [0, 0.1) is 0 Å². The van der Waals surface area contributed by atoms with Crippen molar-refractivity contribution < 1.29 is 9.90 Å². The van der Waals surface area contributed by atoms with Gasteiger partial charge in [0.05, 0.1) is 18.0 Å². The molecule has 0 fully saturated rings. The Kier molecular flexibility index (Phi) is 4.76. The van der Waals surface area contributed by atoms with Crippen molar-refractivity contribution in [3.63, 3.8) is 0 Å². The van der Waals surface area contributed by atoms with E-state index in [1.54, 1.807) is 42.5 Å². The number of aliphatic hydroxyl groups excluding tert-OH is 1. The van der Waals surface area contributed by atoms with E-state index < -0.39 is 0 Å². The maximum atomic E-state index is 12.5. The number of benzene rings is 2. The number of aliphatic hydroxyl groups is 1. The maximum Gasteiger partial charge on any atom is 0.258 e. The van der Waals surface area contributed by atoms with Crippen LogP contribution in [-0.2, 0) is 0 Å². The Labute approximate surface area is 126 Å². The molecule has 2 aromatic rings. The molecule has 0 unspecified atom stereocenters. The number of anilines is 2. The number of hydrogen-bond acceptors (Lipinski definition) is 3. The van der Waals surface area contributed by atoms with E-state index in [0.717, 1.165) is 4.47 Å². The molecule has 0 heterocycles. The fourth-order valence-corrected chi connectivity index (χ4v) is 2.18. The van der Waals surface area contributed by atoms with Crippen LogP contribution in [0.2, 0.25) is 0 Å². The van der Waals surface area contributed by atoms with E-state index in [1.807, 2.05) is 6.07 Å².